The predicted molar refractivity (Wildman–Crippen MR) is 96.6 cm³/mol. The van der Waals surface area contributed by atoms with Crippen LogP contribution in [0.5, 0.6) is 0 Å². The van der Waals surface area contributed by atoms with Crippen molar-refractivity contribution in [2.75, 3.05) is 26.2 Å². The summed E-state index contributed by atoms with van der Waals surface area (Å²) in [6, 6.07) is 12.6. The molecule has 3 rings (SSSR count). The highest BCUT2D eigenvalue weighted by Gasteiger charge is 2.20. The highest BCUT2D eigenvalue weighted by Crippen LogP contribution is 2.21. The Morgan fingerprint density at radius 1 is 1.17 bits per heavy atom. The number of nitrogens with zero attached hydrogens (tertiary/aromatic N) is 1. The topological polar surface area (TPSA) is 35.5 Å². The molecule has 1 aliphatic rings. The molecule has 0 amide bonds. The fraction of sp³-hybridized carbons (Fsp3) is 0.474. The molecule has 0 bridgehead atoms. The van der Waals surface area contributed by atoms with Crippen LogP contribution in [0.15, 0.2) is 47.2 Å². The monoisotopic (exact) mass is 330 g/mol. The molecule has 1 atom stereocenters. The summed E-state index contributed by atoms with van der Waals surface area (Å²) in [6.45, 7) is 4.92. The van der Waals surface area contributed by atoms with Gasteiger partial charge < -0.3 is 10.4 Å². The normalized spacial score (nSPS) is 17.5. The molecular weight excluding hydrogens is 304 g/mol. The van der Waals surface area contributed by atoms with E-state index >= 15 is 0 Å². The van der Waals surface area contributed by atoms with Crippen LogP contribution in [0.1, 0.15) is 30.1 Å². The van der Waals surface area contributed by atoms with Gasteiger partial charge in [0.25, 0.3) is 0 Å². The molecule has 0 aliphatic carbocycles. The Labute approximate surface area is 143 Å². The van der Waals surface area contributed by atoms with Crippen molar-refractivity contribution < 1.29 is 5.11 Å². The van der Waals surface area contributed by atoms with Crippen LogP contribution >= 0.6 is 11.3 Å². The Kier molecular flexibility index (Phi) is 6.22. The molecule has 2 N–H and O–H groups in total. The first-order chi connectivity index (χ1) is 11.3. The molecule has 2 aromatic rings. The quantitative estimate of drug-likeness (QED) is 0.818. The second kappa shape index (κ2) is 8.60. The van der Waals surface area contributed by atoms with Gasteiger partial charge in [0.05, 0.1) is 6.10 Å². The van der Waals surface area contributed by atoms with E-state index in [2.05, 4.69) is 45.9 Å². The maximum absolute atomic E-state index is 10.5. The largest absolute Gasteiger partial charge is 0.387 e. The second-order valence-corrected chi connectivity index (χ2v) is 7.23. The minimum absolute atomic E-state index is 0.397. The third kappa shape index (κ3) is 5.15. The average Bonchev–Trinajstić information content (AvgIpc) is 3.11. The maximum Gasteiger partial charge on any atom is 0.0925 e. The molecule has 1 aromatic heterocycles. The first-order valence-electron chi connectivity index (χ1n) is 8.48. The van der Waals surface area contributed by atoms with Gasteiger partial charge in [-0.15, -0.1) is 0 Å². The molecule has 1 saturated heterocycles. The minimum Gasteiger partial charge on any atom is -0.387 e. The lowest BCUT2D eigenvalue weighted by atomic mass is 9.97. The SMILES string of the molecule is OC(CN(Cc1ccccc1)CC1CCNCC1)c1ccsc1. The summed E-state index contributed by atoms with van der Waals surface area (Å²) < 4.78 is 0. The lowest BCUT2D eigenvalue weighted by Crippen LogP contribution is -2.37. The van der Waals surface area contributed by atoms with Gasteiger partial charge in [-0.25, -0.2) is 0 Å². The highest BCUT2D eigenvalue weighted by atomic mass is 32.1. The Balaban J connectivity index is 1.64. The zero-order valence-corrected chi connectivity index (χ0v) is 14.3. The van der Waals surface area contributed by atoms with Crippen LogP contribution in [-0.2, 0) is 6.54 Å². The molecule has 0 saturated carbocycles. The van der Waals surface area contributed by atoms with Crippen molar-refractivity contribution in [1.29, 1.82) is 0 Å². The fourth-order valence-corrected chi connectivity index (χ4v) is 4.00. The van der Waals surface area contributed by atoms with Crippen molar-refractivity contribution >= 4 is 11.3 Å². The lowest BCUT2D eigenvalue weighted by molar-refractivity contribution is 0.0942. The summed E-state index contributed by atoms with van der Waals surface area (Å²) in [4.78, 5) is 2.42. The number of benzene rings is 1. The van der Waals surface area contributed by atoms with Crippen molar-refractivity contribution in [2.45, 2.75) is 25.5 Å². The van der Waals surface area contributed by atoms with Crippen molar-refractivity contribution in [3.63, 3.8) is 0 Å². The number of aliphatic hydroxyl groups excluding tert-OH is 1. The molecule has 0 radical (unpaired) electrons. The number of aliphatic hydroxyl groups is 1. The van der Waals surface area contributed by atoms with Gasteiger partial charge >= 0.3 is 0 Å². The fourth-order valence-electron chi connectivity index (χ4n) is 3.29. The number of thiophene rings is 1. The van der Waals surface area contributed by atoms with E-state index in [4.69, 9.17) is 0 Å². The Morgan fingerprint density at radius 3 is 2.65 bits per heavy atom. The van der Waals surface area contributed by atoms with Gasteiger partial charge in [0.2, 0.25) is 0 Å². The molecular formula is C19H26N2OS. The predicted octanol–water partition coefficient (Wildman–Crippen LogP) is 3.28. The molecule has 3 nitrogen and oxygen atoms in total. The molecule has 4 heteroatoms. The third-order valence-electron chi connectivity index (χ3n) is 4.58. The van der Waals surface area contributed by atoms with E-state index in [0.717, 1.165) is 37.7 Å². The van der Waals surface area contributed by atoms with Gasteiger partial charge in [0.15, 0.2) is 0 Å². The third-order valence-corrected chi connectivity index (χ3v) is 5.28. The molecule has 2 heterocycles. The standard InChI is InChI=1S/C19H26N2OS/c22-19(18-8-11-23-15-18)14-21(12-16-4-2-1-3-5-16)13-17-6-9-20-10-7-17/h1-5,8,11,15,17,19-20,22H,6-7,9-10,12-14H2. The van der Waals surface area contributed by atoms with E-state index in [1.54, 1.807) is 11.3 Å². The lowest BCUT2D eigenvalue weighted by Gasteiger charge is -2.31. The summed E-state index contributed by atoms with van der Waals surface area (Å²) in [5.41, 5.74) is 2.36. The molecule has 0 spiro atoms. The van der Waals surface area contributed by atoms with Crippen LogP contribution < -0.4 is 5.32 Å². The van der Waals surface area contributed by atoms with E-state index in [1.165, 1.54) is 18.4 Å². The number of hydrogen-bond donors (Lipinski definition) is 2. The summed E-state index contributed by atoms with van der Waals surface area (Å²) in [6.07, 6.45) is 2.08. The number of rotatable bonds is 7. The van der Waals surface area contributed by atoms with Gasteiger partial charge in [0.1, 0.15) is 0 Å². The second-order valence-electron chi connectivity index (χ2n) is 6.45. The zero-order chi connectivity index (χ0) is 15.9. The van der Waals surface area contributed by atoms with Crippen LogP contribution in [0.4, 0.5) is 0 Å². The minimum atomic E-state index is -0.397. The Hall–Kier alpha value is -1.20. The molecule has 1 fully saturated rings. The first-order valence-corrected chi connectivity index (χ1v) is 9.42. The van der Waals surface area contributed by atoms with Gasteiger partial charge in [-0.05, 0) is 59.8 Å². The van der Waals surface area contributed by atoms with Crippen molar-refractivity contribution in [2.24, 2.45) is 5.92 Å². The van der Waals surface area contributed by atoms with Crippen molar-refractivity contribution in [3.05, 3.63) is 58.3 Å². The summed E-state index contributed by atoms with van der Waals surface area (Å²) >= 11 is 1.65. The van der Waals surface area contributed by atoms with E-state index in [-0.39, 0.29) is 0 Å². The van der Waals surface area contributed by atoms with Crippen molar-refractivity contribution in [1.82, 2.24) is 10.2 Å². The van der Waals surface area contributed by atoms with E-state index in [0.29, 0.717) is 6.54 Å². The zero-order valence-electron chi connectivity index (χ0n) is 13.5. The van der Waals surface area contributed by atoms with Crippen molar-refractivity contribution in [3.8, 4) is 0 Å². The summed E-state index contributed by atoms with van der Waals surface area (Å²) in [7, 11) is 0. The van der Waals surface area contributed by atoms with E-state index < -0.39 is 6.10 Å². The van der Waals surface area contributed by atoms with Gasteiger partial charge in [-0.2, -0.15) is 11.3 Å². The Bertz CT molecular complexity index is 552. The first kappa shape index (κ1) is 16.7. The Morgan fingerprint density at radius 2 is 1.96 bits per heavy atom. The smallest absolute Gasteiger partial charge is 0.0925 e. The van der Waals surface area contributed by atoms with Crippen LogP contribution in [0, 0.1) is 5.92 Å². The van der Waals surface area contributed by atoms with Gasteiger partial charge in [-0.1, -0.05) is 30.3 Å². The number of hydrogen-bond acceptors (Lipinski definition) is 4. The van der Waals surface area contributed by atoms with Crippen LogP contribution in [-0.4, -0.2) is 36.2 Å². The van der Waals surface area contributed by atoms with Crippen LogP contribution in [0.2, 0.25) is 0 Å². The van der Waals surface area contributed by atoms with Crippen LogP contribution in [0.25, 0.3) is 0 Å². The molecule has 1 unspecified atom stereocenters. The summed E-state index contributed by atoms with van der Waals surface area (Å²) in [5, 5.41) is 18.1. The molecule has 1 aromatic carbocycles. The maximum atomic E-state index is 10.5. The van der Waals surface area contributed by atoms with Gasteiger partial charge in [-0.3, -0.25) is 4.90 Å². The molecule has 23 heavy (non-hydrogen) atoms. The number of piperidine rings is 1. The van der Waals surface area contributed by atoms with E-state index in [1.807, 2.05) is 11.4 Å². The van der Waals surface area contributed by atoms with Gasteiger partial charge in [0, 0.05) is 19.6 Å². The van der Waals surface area contributed by atoms with E-state index in [9.17, 15) is 5.11 Å². The van der Waals surface area contributed by atoms with Crippen LogP contribution in [0.3, 0.4) is 0 Å². The highest BCUT2D eigenvalue weighted by molar-refractivity contribution is 7.07. The average molecular weight is 330 g/mol. The number of nitrogens with one attached hydrogen (secondary N) is 1. The molecule has 1 aliphatic heterocycles. The summed E-state index contributed by atoms with van der Waals surface area (Å²) in [5.74, 6) is 0.731. The molecule has 124 valence electrons.